The zero-order valence-electron chi connectivity index (χ0n) is 8.70. The molecule has 0 unspecified atom stereocenters. The second-order valence-electron chi connectivity index (χ2n) is 3.63. The van der Waals surface area contributed by atoms with Gasteiger partial charge in [-0.3, -0.25) is 0 Å². The maximum absolute atomic E-state index is 13.9. The summed E-state index contributed by atoms with van der Waals surface area (Å²) in [4.78, 5) is 1.88. The van der Waals surface area contributed by atoms with Crippen LogP contribution in [0.25, 0.3) is 0 Å². The lowest BCUT2D eigenvalue weighted by Gasteiger charge is -2.40. The number of anilines is 1. The van der Waals surface area contributed by atoms with E-state index in [1.807, 2.05) is 11.0 Å². The standard InChI is InChI=1S/C11H10BrFN2O/c1-16-8-5-15(6-8)9-3-2-7(4-14)10(12)11(9)13/h2-3,8H,5-6H2,1H3. The van der Waals surface area contributed by atoms with Crippen molar-refractivity contribution in [2.75, 3.05) is 25.1 Å². The highest BCUT2D eigenvalue weighted by Crippen LogP contribution is 2.31. The van der Waals surface area contributed by atoms with Gasteiger partial charge >= 0.3 is 0 Å². The van der Waals surface area contributed by atoms with Gasteiger partial charge in [0.15, 0.2) is 5.82 Å². The monoisotopic (exact) mass is 284 g/mol. The number of halogens is 2. The molecule has 1 saturated heterocycles. The predicted octanol–water partition coefficient (Wildman–Crippen LogP) is 2.29. The van der Waals surface area contributed by atoms with Crippen molar-refractivity contribution in [1.29, 1.82) is 5.26 Å². The molecule has 0 bridgehead atoms. The Morgan fingerprint density at radius 3 is 2.81 bits per heavy atom. The van der Waals surface area contributed by atoms with Crippen molar-refractivity contribution >= 4 is 21.6 Å². The Hall–Kier alpha value is -1.12. The largest absolute Gasteiger partial charge is 0.378 e. The molecular formula is C11H10BrFN2O. The van der Waals surface area contributed by atoms with E-state index >= 15 is 0 Å². The van der Waals surface area contributed by atoms with Crippen molar-refractivity contribution < 1.29 is 9.13 Å². The Morgan fingerprint density at radius 2 is 2.25 bits per heavy atom. The molecule has 1 aliphatic heterocycles. The van der Waals surface area contributed by atoms with Crippen LogP contribution in [-0.4, -0.2) is 26.3 Å². The van der Waals surface area contributed by atoms with Gasteiger partial charge in [0.05, 0.1) is 21.8 Å². The topological polar surface area (TPSA) is 36.3 Å². The molecule has 1 heterocycles. The van der Waals surface area contributed by atoms with E-state index in [1.54, 1.807) is 19.2 Å². The number of hydrogen-bond donors (Lipinski definition) is 0. The van der Waals surface area contributed by atoms with Gasteiger partial charge in [0.25, 0.3) is 0 Å². The molecule has 3 nitrogen and oxygen atoms in total. The van der Waals surface area contributed by atoms with Crippen molar-refractivity contribution in [2.45, 2.75) is 6.10 Å². The highest BCUT2D eigenvalue weighted by molar-refractivity contribution is 9.10. The van der Waals surface area contributed by atoms with Crippen LogP contribution in [0.2, 0.25) is 0 Å². The first-order valence-electron chi connectivity index (χ1n) is 4.83. The molecule has 1 aliphatic rings. The van der Waals surface area contributed by atoms with Crippen molar-refractivity contribution in [1.82, 2.24) is 0 Å². The summed E-state index contributed by atoms with van der Waals surface area (Å²) in [7, 11) is 1.65. The number of benzene rings is 1. The van der Waals surface area contributed by atoms with Crippen LogP contribution < -0.4 is 4.90 Å². The maximum atomic E-state index is 13.9. The van der Waals surface area contributed by atoms with Gasteiger partial charge in [-0.05, 0) is 28.1 Å². The Balaban J connectivity index is 2.25. The minimum absolute atomic E-state index is 0.175. The summed E-state index contributed by atoms with van der Waals surface area (Å²) in [5.41, 5.74) is 0.823. The molecule has 0 saturated carbocycles. The summed E-state index contributed by atoms with van der Waals surface area (Å²) in [5, 5.41) is 8.74. The van der Waals surface area contributed by atoms with Gasteiger partial charge in [0, 0.05) is 20.2 Å². The second-order valence-corrected chi connectivity index (χ2v) is 4.43. The molecule has 2 rings (SSSR count). The number of rotatable bonds is 2. The van der Waals surface area contributed by atoms with Crippen LogP contribution in [0, 0.1) is 17.1 Å². The smallest absolute Gasteiger partial charge is 0.161 e. The molecule has 1 aromatic carbocycles. The molecule has 0 N–H and O–H groups in total. The summed E-state index contributed by atoms with van der Waals surface area (Å²) in [6.45, 7) is 1.37. The van der Waals surface area contributed by atoms with Gasteiger partial charge in [0.1, 0.15) is 6.07 Å². The molecule has 0 aliphatic carbocycles. The Labute approximate surface area is 102 Å². The molecule has 0 spiro atoms. The van der Waals surface area contributed by atoms with Crippen LogP contribution in [0.5, 0.6) is 0 Å². The third kappa shape index (κ3) is 1.79. The van der Waals surface area contributed by atoms with Crippen LogP contribution in [0.3, 0.4) is 0 Å². The van der Waals surface area contributed by atoms with E-state index in [0.717, 1.165) is 0 Å². The van der Waals surface area contributed by atoms with Crippen LogP contribution in [0.1, 0.15) is 5.56 Å². The summed E-state index contributed by atoms with van der Waals surface area (Å²) in [6, 6.07) is 5.17. The quantitative estimate of drug-likeness (QED) is 0.836. The fraction of sp³-hybridized carbons (Fsp3) is 0.364. The Bertz CT molecular complexity index is 452. The van der Waals surface area contributed by atoms with Gasteiger partial charge in [-0.15, -0.1) is 0 Å². The maximum Gasteiger partial charge on any atom is 0.161 e. The number of nitrogens with zero attached hydrogens (tertiary/aromatic N) is 2. The first-order chi connectivity index (χ1) is 7.67. The molecule has 0 radical (unpaired) electrons. The molecule has 16 heavy (non-hydrogen) atoms. The molecule has 1 aromatic rings. The summed E-state index contributed by atoms with van der Waals surface area (Å²) < 4.78 is 19.2. The second kappa shape index (κ2) is 4.40. The number of methoxy groups -OCH3 is 1. The summed E-state index contributed by atoms with van der Waals surface area (Å²) in [5.74, 6) is -0.381. The fourth-order valence-corrected chi connectivity index (χ4v) is 2.08. The fourth-order valence-electron chi connectivity index (χ4n) is 1.65. The third-order valence-corrected chi connectivity index (χ3v) is 3.48. The van der Waals surface area contributed by atoms with E-state index in [1.165, 1.54) is 0 Å². The number of hydrogen-bond acceptors (Lipinski definition) is 3. The van der Waals surface area contributed by atoms with E-state index in [4.69, 9.17) is 10.00 Å². The first kappa shape index (κ1) is 11.4. The average Bonchev–Trinajstić information content (AvgIpc) is 2.23. The molecule has 5 heteroatoms. The van der Waals surface area contributed by atoms with Crippen molar-refractivity contribution in [3.05, 3.63) is 28.0 Å². The van der Waals surface area contributed by atoms with Gasteiger partial charge in [-0.1, -0.05) is 0 Å². The van der Waals surface area contributed by atoms with Crippen molar-refractivity contribution in [3.8, 4) is 6.07 Å². The van der Waals surface area contributed by atoms with Gasteiger partial charge < -0.3 is 9.64 Å². The number of nitriles is 1. The Kier molecular flexibility index (Phi) is 3.13. The van der Waals surface area contributed by atoms with Crippen molar-refractivity contribution in [3.63, 3.8) is 0 Å². The predicted molar refractivity (Wildman–Crippen MR) is 61.8 cm³/mol. The van der Waals surface area contributed by atoms with Crippen LogP contribution in [-0.2, 0) is 4.74 Å². The zero-order valence-corrected chi connectivity index (χ0v) is 10.3. The first-order valence-corrected chi connectivity index (χ1v) is 5.62. The molecule has 0 amide bonds. The minimum atomic E-state index is -0.381. The van der Waals surface area contributed by atoms with E-state index in [0.29, 0.717) is 24.3 Å². The molecule has 0 atom stereocenters. The van der Waals surface area contributed by atoms with Crippen LogP contribution in [0.4, 0.5) is 10.1 Å². The van der Waals surface area contributed by atoms with E-state index in [9.17, 15) is 4.39 Å². The highest BCUT2D eigenvalue weighted by Gasteiger charge is 2.29. The summed E-state index contributed by atoms with van der Waals surface area (Å²) >= 11 is 3.09. The van der Waals surface area contributed by atoms with Crippen molar-refractivity contribution in [2.24, 2.45) is 0 Å². The Morgan fingerprint density at radius 1 is 1.56 bits per heavy atom. The normalized spacial score (nSPS) is 15.8. The van der Waals surface area contributed by atoms with Crippen LogP contribution >= 0.6 is 15.9 Å². The summed E-state index contributed by atoms with van der Waals surface area (Å²) in [6.07, 6.45) is 0.175. The highest BCUT2D eigenvalue weighted by atomic mass is 79.9. The lowest BCUT2D eigenvalue weighted by Crippen LogP contribution is -2.52. The van der Waals surface area contributed by atoms with E-state index in [-0.39, 0.29) is 16.4 Å². The van der Waals surface area contributed by atoms with Gasteiger partial charge in [-0.2, -0.15) is 5.26 Å². The average molecular weight is 285 g/mol. The lowest BCUT2D eigenvalue weighted by atomic mass is 10.1. The molecular weight excluding hydrogens is 275 g/mol. The SMILES string of the molecule is COC1CN(c2ccc(C#N)c(Br)c2F)C1. The van der Waals surface area contributed by atoms with Gasteiger partial charge in [0.2, 0.25) is 0 Å². The molecule has 84 valence electrons. The third-order valence-electron chi connectivity index (χ3n) is 2.70. The van der Waals surface area contributed by atoms with E-state index in [2.05, 4.69) is 15.9 Å². The van der Waals surface area contributed by atoms with Crippen LogP contribution in [0.15, 0.2) is 16.6 Å². The zero-order chi connectivity index (χ0) is 11.7. The number of ether oxygens (including phenoxy) is 1. The molecule has 1 fully saturated rings. The lowest BCUT2D eigenvalue weighted by molar-refractivity contribution is 0.0784. The van der Waals surface area contributed by atoms with E-state index < -0.39 is 0 Å². The molecule has 0 aromatic heterocycles. The minimum Gasteiger partial charge on any atom is -0.378 e. The van der Waals surface area contributed by atoms with Gasteiger partial charge in [-0.25, -0.2) is 4.39 Å².